The van der Waals surface area contributed by atoms with Crippen LogP contribution < -0.4 is 15.8 Å². The van der Waals surface area contributed by atoms with Crippen LogP contribution in [-0.4, -0.2) is 19.1 Å². The molecular weight excluding hydrogens is 264 g/mol. The second kappa shape index (κ2) is 8.03. The Kier molecular flexibility index (Phi) is 6.69. The Labute approximate surface area is 128 Å². The average molecular weight is 292 g/mol. The van der Waals surface area contributed by atoms with Crippen molar-refractivity contribution >= 4 is 11.6 Å². The standard InChI is InChI=1S/C17H28N2O2/c1-5-10-21-15-9-7-6-8-14(15)19-16(20)13(12-18)11-17(2,3)4/h6-9,13H,5,10-12,18H2,1-4H3,(H,19,20). The van der Waals surface area contributed by atoms with Gasteiger partial charge in [-0.2, -0.15) is 0 Å². The fourth-order valence-corrected chi connectivity index (χ4v) is 2.16. The van der Waals surface area contributed by atoms with E-state index in [2.05, 4.69) is 33.0 Å². The van der Waals surface area contributed by atoms with Crippen LogP contribution in [0.4, 0.5) is 5.69 Å². The van der Waals surface area contributed by atoms with Gasteiger partial charge < -0.3 is 15.8 Å². The lowest BCUT2D eigenvalue weighted by molar-refractivity contribution is -0.120. The van der Waals surface area contributed by atoms with E-state index in [9.17, 15) is 4.79 Å². The summed E-state index contributed by atoms with van der Waals surface area (Å²) in [5.41, 5.74) is 6.54. The van der Waals surface area contributed by atoms with E-state index in [-0.39, 0.29) is 17.2 Å². The van der Waals surface area contributed by atoms with E-state index >= 15 is 0 Å². The first-order valence-electron chi connectivity index (χ1n) is 7.60. The molecule has 1 rings (SSSR count). The van der Waals surface area contributed by atoms with Crippen molar-refractivity contribution in [1.29, 1.82) is 0 Å². The summed E-state index contributed by atoms with van der Waals surface area (Å²) in [7, 11) is 0. The Morgan fingerprint density at radius 3 is 2.57 bits per heavy atom. The quantitative estimate of drug-likeness (QED) is 0.809. The third-order valence-corrected chi connectivity index (χ3v) is 3.12. The molecule has 3 N–H and O–H groups in total. The number of rotatable bonds is 7. The van der Waals surface area contributed by atoms with Crippen molar-refractivity contribution in [2.75, 3.05) is 18.5 Å². The number of nitrogens with one attached hydrogen (secondary N) is 1. The number of para-hydroxylation sites is 2. The molecule has 21 heavy (non-hydrogen) atoms. The van der Waals surface area contributed by atoms with Gasteiger partial charge in [-0.1, -0.05) is 39.8 Å². The number of hydrogen-bond donors (Lipinski definition) is 2. The largest absolute Gasteiger partial charge is 0.491 e. The molecule has 0 aliphatic carbocycles. The molecule has 0 spiro atoms. The van der Waals surface area contributed by atoms with Crippen molar-refractivity contribution in [3.8, 4) is 5.75 Å². The van der Waals surface area contributed by atoms with Gasteiger partial charge in [-0.25, -0.2) is 0 Å². The van der Waals surface area contributed by atoms with Crippen molar-refractivity contribution in [1.82, 2.24) is 0 Å². The first kappa shape index (κ1) is 17.5. The molecule has 4 heteroatoms. The molecule has 1 unspecified atom stereocenters. The summed E-state index contributed by atoms with van der Waals surface area (Å²) >= 11 is 0. The molecule has 0 saturated heterocycles. The second-order valence-electron chi connectivity index (χ2n) is 6.53. The van der Waals surface area contributed by atoms with Crippen molar-refractivity contribution in [2.45, 2.75) is 40.5 Å². The Morgan fingerprint density at radius 2 is 2.00 bits per heavy atom. The lowest BCUT2D eigenvalue weighted by Crippen LogP contribution is -2.32. The van der Waals surface area contributed by atoms with Gasteiger partial charge >= 0.3 is 0 Å². The molecule has 0 radical (unpaired) electrons. The number of nitrogens with two attached hydrogens (primary N) is 1. The van der Waals surface area contributed by atoms with Crippen LogP contribution in [0.3, 0.4) is 0 Å². The Bertz CT molecular complexity index is 452. The van der Waals surface area contributed by atoms with Crippen LogP contribution in [-0.2, 0) is 4.79 Å². The van der Waals surface area contributed by atoms with E-state index < -0.39 is 0 Å². The Morgan fingerprint density at radius 1 is 1.33 bits per heavy atom. The molecule has 0 aliphatic rings. The van der Waals surface area contributed by atoms with Crippen LogP contribution >= 0.6 is 0 Å². The fourth-order valence-electron chi connectivity index (χ4n) is 2.16. The predicted octanol–water partition coefficient (Wildman–Crippen LogP) is 3.43. The molecule has 1 aromatic carbocycles. The summed E-state index contributed by atoms with van der Waals surface area (Å²) in [5.74, 6) is 0.475. The average Bonchev–Trinajstić information content (AvgIpc) is 2.42. The van der Waals surface area contributed by atoms with E-state index in [4.69, 9.17) is 10.5 Å². The van der Waals surface area contributed by atoms with Crippen LogP contribution in [0.5, 0.6) is 5.75 Å². The molecule has 1 atom stereocenters. The Balaban J connectivity index is 2.77. The van der Waals surface area contributed by atoms with E-state index in [0.717, 1.165) is 12.8 Å². The predicted molar refractivity (Wildman–Crippen MR) is 87.5 cm³/mol. The minimum Gasteiger partial charge on any atom is -0.491 e. The molecule has 0 saturated carbocycles. The van der Waals surface area contributed by atoms with Gasteiger partial charge in [0.15, 0.2) is 0 Å². The molecule has 0 heterocycles. The van der Waals surface area contributed by atoms with Crippen LogP contribution in [0.25, 0.3) is 0 Å². The number of anilines is 1. The number of carbonyl (C=O) groups is 1. The van der Waals surface area contributed by atoms with Gasteiger partial charge in [0.1, 0.15) is 5.75 Å². The lowest BCUT2D eigenvalue weighted by atomic mass is 9.84. The third kappa shape index (κ3) is 6.17. The van der Waals surface area contributed by atoms with Crippen molar-refractivity contribution < 1.29 is 9.53 Å². The lowest BCUT2D eigenvalue weighted by Gasteiger charge is -2.24. The first-order chi connectivity index (χ1) is 9.87. The molecule has 0 bridgehead atoms. The minimum absolute atomic E-state index is 0.0417. The molecule has 118 valence electrons. The van der Waals surface area contributed by atoms with Gasteiger partial charge in [0, 0.05) is 6.54 Å². The van der Waals surface area contributed by atoms with Crippen LogP contribution in [0.1, 0.15) is 40.5 Å². The van der Waals surface area contributed by atoms with Gasteiger partial charge in [0.05, 0.1) is 18.2 Å². The Hall–Kier alpha value is -1.55. The van der Waals surface area contributed by atoms with Gasteiger partial charge in [-0.3, -0.25) is 4.79 Å². The maximum atomic E-state index is 12.4. The molecule has 1 aromatic rings. The molecule has 4 nitrogen and oxygen atoms in total. The topological polar surface area (TPSA) is 64.3 Å². The number of ether oxygens (including phenoxy) is 1. The zero-order valence-electron chi connectivity index (χ0n) is 13.6. The molecular formula is C17H28N2O2. The summed E-state index contributed by atoms with van der Waals surface area (Å²) < 4.78 is 5.66. The van der Waals surface area contributed by atoms with Crippen molar-refractivity contribution in [3.63, 3.8) is 0 Å². The SMILES string of the molecule is CCCOc1ccccc1NC(=O)C(CN)CC(C)(C)C. The number of amides is 1. The monoisotopic (exact) mass is 292 g/mol. The van der Waals surface area contributed by atoms with E-state index in [1.807, 2.05) is 24.3 Å². The van der Waals surface area contributed by atoms with Crippen molar-refractivity contribution in [3.05, 3.63) is 24.3 Å². The minimum atomic E-state index is -0.191. The zero-order valence-corrected chi connectivity index (χ0v) is 13.6. The highest BCUT2D eigenvalue weighted by Gasteiger charge is 2.24. The number of hydrogen-bond acceptors (Lipinski definition) is 3. The van der Waals surface area contributed by atoms with Gasteiger partial charge in [0.2, 0.25) is 5.91 Å². The molecule has 0 aliphatic heterocycles. The highest BCUT2D eigenvalue weighted by atomic mass is 16.5. The number of carbonyl (C=O) groups excluding carboxylic acids is 1. The van der Waals surface area contributed by atoms with E-state index in [1.54, 1.807) is 0 Å². The highest BCUT2D eigenvalue weighted by Crippen LogP contribution is 2.27. The van der Waals surface area contributed by atoms with Crippen LogP contribution in [0.2, 0.25) is 0 Å². The normalized spacial score (nSPS) is 12.8. The fraction of sp³-hybridized carbons (Fsp3) is 0.588. The molecule has 1 amide bonds. The summed E-state index contributed by atoms with van der Waals surface area (Å²) in [6, 6.07) is 7.51. The summed E-state index contributed by atoms with van der Waals surface area (Å²) in [5, 5.41) is 2.95. The molecule has 0 fully saturated rings. The molecule has 0 aromatic heterocycles. The maximum Gasteiger partial charge on any atom is 0.228 e. The van der Waals surface area contributed by atoms with Gasteiger partial charge in [-0.15, -0.1) is 0 Å². The van der Waals surface area contributed by atoms with Crippen LogP contribution in [0, 0.1) is 11.3 Å². The highest BCUT2D eigenvalue weighted by molar-refractivity contribution is 5.94. The third-order valence-electron chi connectivity index (χ3n) is 3.12. The van der Waals surface area contributed by atoms with Gasteiger partial charge in [-0.05, 0) is 30.4 Å². The summed E-state index contributed by atoms with van der Waals surface area (Å²) in [6.07, 6.45) is 1.69. The summed E-state index contributed by atoms with van der Waals surface area (Å²) in [6.45, 7) is 9.37. The van der Waals surface area contributed by atoms with Gasteiger partial charge in [0.25, 0.3) is 0 Å². The maximum absolute atomic E-state index is 12.4. The summed E-state index contributed by atoms with van der Waals surface area (Å²) in [4.78, 5) is 12.4. The smallest absolute Gasteiger partial charge is 0.228 e. The first-order valence-corrected chi connectivity index (χ1v) is 7.60. The van der Waals surface area contributed by atoms with Crippen LogP contribution in [0.15, 0.2) is 24.3 Å². The zero-order chi connectivity index (χ0) is 15.9. The van der Waals surface area contributed by atoms with E-state index in [0.29, 0.717) is 24.6 Å². The van der Waals surface area contributed by atoms with E-state index in [1.165, 1.54) is 0 Å². The van der Waals surface area contributed by atoms with Crippen molar-refractivity contribution in [2.24, 2.45) is 17.1 Å². The number of benzene rings is 1. The second-order valence-corrected chi connectivity index (χ2v) is 6.53.